The Morgan fingerprint density at radius 1 is 1.12 bits per heavy atom. The van der Waals surface area contributed by atoms with Gasteiger partial charge in [-0.05, 0) is 35.1 Å². The second kappa shape index (κ2) is 5.61. The van der Waals surface area contributed by atoms with Gasteiger partial charge in [0.2, 0.25) is 0 Å². The maximum atomic E-state index is 5.44. The number of rotatable bonds is 4. The molecule has 0 saturated heterocycles. The van der Waals surface area contributed by atoms with Crippen molar-refractivity contribution in [2.24, 2.45) is 0 Å². The van der Waals surface area contributed by atoms with Crippen LogP contribution >= 0.6 is 0 Å². The van der Waals surface area contributed by atoms with Crippen LogP contribution in [0, 0.1) is 12.3 Å². The molecule has 86 valence electrons. The van der Waals surface area contributed by atoms with E-state index in [0.717, 1.165) is 5.75 Å². The molecular formula is C15H20O. The lowest BCUT2D eigenvalue weighted by Crippen LogP contribution is -2.01. The number of hydrogen-bond donors (Lipinski definition) is 0. The lowest BCUT2D eigenvalue weighted by atomic mass is 9.90. The predicted molar refractivity (Wildman–Crippen MR) is 68.9 cm³/mol. The Morgan fingerprint density at radius 3 is 2.25 bits per heavy atom. The van der Waals surface area contributed by atoms with Crippen molar-refractivity contribution in [3.8, 4) is 18.1 Å². The smallest absolute Gasteiger partial charge is 0.148 e. The van der Waals surface area contributed by atoms with Crippen LogP contribution in [0.1, 0.15) is 50.7 Å². The number of ether oxygens (including phenoxy) is 1. The quantitative estimate of drug-likeness (QED) is 0.692. The molecule has 0 fully saturated rings. The molecule has 0 aliphatic rings. The maximum absolute atomic E-state index is 5.44. The van der Waals surface area contributed by atoms with Gasteiger partial charge in [-0.25, -0.2) is 0 Å². The first-order valence-electron chi connectivity index (χ1n) is 5.76. The molecule has 0 unspecified atom stereocenters. The summed E-state index contributed by atoms with van der Waals surface area (Å²) in [6, 6.07) is 6.25. The topological polar surface area (TPSA) is 9.23 Å². The van der Waals surface area contributed by atoms with Gasteiger partial charge in [0.1, 0.15) is 12.4 Å². The van der Waals surface area contributed by atoms with E-state index in [1.54, 1.807) is 0 Å². The molecule has 1 aromatic rings. The number of hydrogen-bond acceptors (Lipinski definition) is 1. The monoisotopic (exact) mass is 216 g/mol. The summed E-state index contributed by atoms with van der Waals surface area (Å²) in [7, 11) is 0. The summed E-state index contributed by atoms with van der Waals surface area (Å²) >= 11 is 0. The Bertz CT molecular complexity index is 383. The molecule has 16 heavy (non-hydrogen) atoms. The van der Waals surface area contributed by atoms with Crippen LogP contribution in [0.4, 0.5) is 0 Å². The zero-order chi connectivity index (χ0) is 12.1. The van der Waals surface area contributed by atoms with Crippen molar-refractivity contribution in [1.29, 1.82) is 0 Å². The summed E-state index contributed by atoms with van der Waals surface area (Å²) < 4.78 is 5.44. The Morgan fingerprint density at radius 2 is 1.75 bits per heavy atom. The molecule has 1 aromatic carbocycles. The van der Waals surface area contributed by atoms with Crippen LogP contribution in [0.5, 0.6) is 5.75 Å². The van der Waals surface area contributed by atoms with Gasteiger partial charge in [-0.15, -0.1) is 6.42 Å². The molecule has 0 amide bonds. The second-order valence-electron chi connectivity index (χ2n) is 4.59. The van der Waals surface area contributed by atoms with E-state index in [0.29, 0.717) is 18.4 Å². The van der Waals surface area contributed by atoms with E-state index in [2.05, 4.69) is 45.7 Å². The highest BCUT2D eigenvalue weighted by molar-refractivity contribution is 5.39. The van der Waals surface area contributed by atoms with Gasteiger partial charge in [0.05, 0.1) is 0 Å². The highest BCUT2D eigenvalue weighted by Gasteiger charge is 2.10. The average molecular weight is 216 g/mol. The third-order valence-corrected chi connectivity index (χ3v) is 2.62. The summed E-state index contributed by atoms with van der Waals surface area (Å²) in [6.45, 7) is 9.16. The first-order valence-corrected chi connectivity index (χ1v) is 5.76. The normalized spacial score (nSPS) is 10.6. The van der Waals surface area contributed by atoms with Crippen molar-refractivity contribution in [2.75, 3.05) is 6.61 Å². The zero-order valence-electron chi connectivity index (χ0n) is 10.6. The molecule has 0 aliphatic carbocycles. The predicted octanol–water partition coefficient (Wildman–Crippen LogP) is 3.95. The van der Waals surface area contributed by atoms with Crippen molar-refractivity contribution < 1.29 is 4.74 Å². The van der Waals surface area contributed by atoms with E-state index in [1.165, 1.54) is 11.1 Å². The average Bonchev–Trinajstić information content (AvgIpc) is 2.25. The lowest BCUT2D eigenvalue weighted by molar-refractivity contribution is 0.369. The maximum Gasteiger partial charge on any atom is 0.148 e. The molecular weight excluding hydrogens is 196 g/mol. The van der Waals surface area contributed by atoms with E-state index in [1.807, 2.05) is 6.07 Å². The standard InChI is InChI=1S/C15H20O/c1-6-9-16-13-7-8-14(11(2)3)15(10-13)12(4)5/h1,7-8,10-12H,9H2,2-5H3. The van der Waals surface area contributed by atoms with Gasteiger partial charge in [0.15, 0.2) is 0 Å². The van der Waals surface area contributed by atoms with Crippen LogP contribution in [-0.2, 0) is 0 Å². The molecule has 0 heterocycles. The lowest BCUT2D eigenvalue weighted by Gasteiger charge is -2.17. The Hall–Kier alpha value is -1.42. The molecule has 1 heteroatoms. The Balaban J connectivity index is 3.03. The van der Waals surface area contributed by atoms with Gasteiger partial charge in [-0.1, -0.05) is 39.7 Å². The summed E-state index contributed by atoms with van der Waals surface area (Å²) in [5, 5.41) is 0. The minimum atomic E-state index is 0.332. The van der Waals surface area contributed by atoms with Crippen LogP contribution in [0.15, 0.2) is 18.2 Å². The third-order valence-electron chi connectivity index (χ3n) is 2.62. The fourth-order valence-corrected chi connectivity index (χ4v) is 1.79. The van der Waals surface area contributed by atoms with Crippen LogP contribution in [0.25, 0.3) is 0 Å². The van der Waals surface area contributed by atoms with Crippen molar-refractivity contribution in [3.63, 3.8) is 0 Å². The fourth-order valence-electron chi connectivity index (χ4n) is 1.79. The second-order valence-corrected chi connectivity index (χ2v) is 4.59. The van der Waals surface area contributed by atoms with Gasteiger partial charge in [0.25, 0.3) is 0 Å². The molecule has 0 spiro atoms. The Labute approximate surface area is 98.8 Å². The van der Waals surface area contributed by atoms with Crippen molar-refractivity contribution in [1.82, 2.24) is 0 Å². The molecule has 0 N–H and O–H groups in total. The van der Waals surface area contributed by atoms with Gasteiger partial charge < -0.3 is 4.74 Å². The van der Waals surface area contributed by atoms with Crippen LogP contribution in [0.2, 0.25) is 0 Å². The van der Waals surface area contributed by atoms with Crippen molar-refractivity contribution in [2.45, 2.75) is 39.5 Å². The largest absolute Gasteiger partial charge is 0.481 e. The molecule has 0 aromatic heterocycles. The van der Waals surface area contributed by atoms with Crippen molar-refractivity contribution >= 4 is 0 Å². The van der Waals surface area contributed by atoms with Gasteiger partial charge in [0, 0.05) is 0 Å². The summed E-state index contributed by atoms with van der Waals surface area (Å²) in [5.74, 6) is 4.39. The van der Waals surface area contributed by atoms with E-state index < -0.39 is 0 Å². The van der Waals surface area contributed by atoms with Crippen LogP contribution in [-0.4, -0.2) is 6.61 Å². The zero-order valence-corrected chi connectivity index (χ0v) is 10.6. The Kier molecular flexibility index (Phi) is 4.43. The highest BCUT2D eigenvalue weighted by atomic mass is 16.5. The third kappa shape index (κ3) is 3.03. The number of benzene rings is 1. The van der Waals surface area contributed by atoms with Gasteiger partial charge in [-0.2, -0.15) is 0 Å². The van der Waals surface area contributed by atoms with Crippen LogP contribution < -0.4 is 4.74 Å². The summed E-state index contributed by atoms with van der Waals surface area (Å²) in [5.41, 5.74) is 2.74. The van der Waals surface area contributed by atoms with E-state index in [-0.39, 0.29) is 0 Å². The van der Waals surface area contributed by atoms with Gasteiger partial charge in [-0.3, -0.25) is 0 Å². The first kappa shape index (κ1) is 12.6. The van der Waals surface area contributed by atoms with E-state index >= 15 is 0 Å². The molecule has 0 bridgehead atoms. The molecule has 0 saturated carbocycles. The van der Waals surface area contributed by atoms with Crippen LogP contribution in [0.3, 0.4) is 0 Å². The molecule has 0 radical (unpaired) electrons. The van der Waals surface area contributed by atoms with E-state index in [4.69, 9.17) is 11.2 Å². The molecule has 0 aliphatic heterocycles. The summed E-state index contributed by atoms with van der Waals surface area (Å²) in [6.07, 6.45) is 5.18. The van der Waals surface area contributed by atoms with Gasteiger partial charge >= 0.3 is 0 Å². The summed E-state index contributed by atoms with van der Waals surface area (Å²) in [4.78, 5) is 0. The van der Waals surface area contributed by atoms with Crippen molar-refractivity contribution in [3.05, 3.63) is 29.3 Å². The SMILES string of the molecule is C#CCOc1ccc(C(C)C)c(C(C)C)c1. The fraction of sp³-hybridized carbons (Fsp3) is 0.467. The minimum absolute atomic E-state index is 0.332. The molecule has 1 nitrogen and oxygen atoms in total. The van der Waals surface area contributed by atoms with E-state index in [9.17, 15) is 0 Å². The molecule has 1 rings (SSSR count). The number of terminal acetylenes is 1. The molecule has 0 atom stereocenters. The highest BCUT2D eigenvalue weighted by Crippen LogP contribution is 2.29. The minimum Gasteiger partial charge on any atom is -0.481 e. The first-order chi connectivity index (χ1) is 7.56.